The highest BCUT2D eigenvalue weighted by Crippen LogP contribution is 2.10. The summed E-state index contributed by atoms with van der Waals surface area (Å²) in [4.78, 5) is 36.7. The van der Waals surface area contributed by atoms with Crippen molar-refractivity contribution in [3.05, 3.63) is 88.6 Å². The largest absolute Gasteiger partial charge is 0.337 e. The molecular formula is C22H24N6O2. The van der Waals surface area contributed by atoms with E-state index in [0.717, 1.165) is 11.1 Å². The summed E-state index contributed by atoms with van der Waals surface area (Å²) in [6, 6.07) is 14.8. The van der Waals surface area contributed by atoms with E-state index in [1.165, 1.54) is 0 Å². The maximum absolute atomic E-state index is 12.5. The lowest BCUT2D eigenvalue weighted by atomic mass is 10.1. The molecule has 4 rings (SSSR count). The lowest BCUT2D eigenvalue weighted by Gasteiger charge is -2.34. The van der Waals surface area contributed by atoms with Crippen molar-refractivity contribution in [2.45, 2.75) is 13.1 Å². The number of hydrogen-bond donors (Lipinski definition) is 1. The van der Waals surface area contributed by atoms with Crippen molar-refractivity contribution in [2.75, 3.05) is 31.1 Å². The third kappa shape index (κ3) is 4.83. The predicted octanol–water partition coefficient (Wildman–Crippen LogP) is 1.72. The number of pyridine rings is 1. The van der Waals surface area contributed by atoms with Gasteiger partial charge < -0.3 is 19.7 Å². The molecule has 0 atom stereocenters. The van der Waals surface area contributed by atoms with Crippen molar-refractivity contribution in [3.63, 3.8) is 0 Å². The van der Waals surface area contributed by atoms with E-state index < -0.39 is 0 Å². The molecule has 1 saturated heterocycles. The zero-order valence-electron chi connectivity index (χ0n) is 16.6. The SMILES string of the molecule is O=C(NCc1ccc(Cn2ccccc2=O)cc1)N1CCN(c2ncccn2)CC1. The smallest absolute Gasteiger partial charge is 0.317 e. The van der Waals surface area contributed by atoms with Crippen LogP contribution in [0.3, 0.4) is 0 Å². The van der Waals surface area contributed by atoms with Crippen LogP contribution in [0.2, 0.25) is 0 Å². The Bertz CT molecular complexity index is 1030. The molecule has 0 unspecified atom stereocenters. The van der Waals surface area contributed by atoms with Gasteiger partial charge in [-0.2, -0.15) is 0 Å². The summed E-state index contributed by atoms with van der Waals surface area (Å²) in [6.45, 7) is 3.69. The standard InChI is InChI=1S/C22H24N6O2/c29-20-4-1-2-11-28(20)17-19-7-5-18(6-8-19)16-25-22(30)27-14-12-26(13-15-27)21-23-9-3-10-24-21/h1-11H,12-17H2,(H,25,30). The van der Waals surface area contributed by atoms with Crippen LogP contribution in [0.4, 0.5) is 10.7 Å². The fourth-order valence-electron chi connectivity index (χ4n) is 3.40. The molecule has 1 fully saturated rings. The Morgan fingerprint density at radius 2 is 1.60 bits per heavy atom. The van der Waals surface area contributed by atoms with E-state index in [0.29, 0.717) is 45.2 Å². The number of nitrogens with one attached hydrogen (secondary N) is 1. The van der Waals surface area contributed by atoms with Gasteiger partial charge in [0.15, 0.2) is 0 Å². The first kappa shape index (κ1) is 19.6. The number of hydrogen-bond acceptors (Lipinski definition) is 5. The van der Waals surface area contributed by atoms with Gasteiger partial charge in [0.2, 0.25) is 5.95 Å². The third-order valence-electron chi connectivity index (χ3n) is 5.12. The zero-order chi connectivity index (χ0) is 20.8. The Hall–Kier alpha value is -3.68. The first-order valence-electron chi connectivity index (χ1n) is 9.97. The lowest BCUT2D eigenvalue weighted by Crippen LogP contribution is -2.52. The van der Waals surface area contributed by atoms with Gasteiger partial charge in [-0.15, -0.1) is 0 Å². The number of aromatic nitrogens is 3. The Labute approximate surface area is 174 Å². The molecule has 1 N–H and O–H groups in total. The van der Waals surface area contributed by atoms with Gasteiger partial charge in [-0.3, -0.25) is 4.79 Å². The normalized spacial score (nSPS) is 13.9. The highest BCUT2D eigenvalue weighted by atomic mass is 16.2. The van der Waals surface area contributed by atoms with Gasteiger partial charge in [-0.05, 0) is 23.3 Å². The molecule has 2 amide bonds. The number of urea groups is 1. The molecule has 0 saturated carbocycles. The quantitative estimate of drug-likeness (QED) is 0.700. The van der Waals surface area contributed by atoms with Crippen molar-refractivity contribution in [1.82, 2.24) is 24.8 Å². The molecule has 0 radical (unpaired) electrons. The van der Waals surface area contributed by atoms with Crippen LogP contribution in [0.5, 0.6) is 0 Å². The van der Waals surface area contributed by atoms with Gasteiger partial charge in [0, 0.05) is 57.4 Å². The summed E-state index contributed by atoms with van der Waals surface area (Å²) in [5, 5.41) is 2.98. The summed E-state index contributed by atoms with van der Waals surface area (Å²) >= 11 is 0. The molecule has 8 nitrogen and oxygen atoms in total. The number of carbonyl (C=O) groups is 1. The van der Waals surface area contributed by atoms with Gasteiger partial charge in [0.1, 0.15) is 0 Å². The second kappa shape index (κ2) is 9.21. The summed E-state index contributed by atoms with van der Waals surface area (Å²) in [6.07, 6.45) is 5.23. The van der Waals surface area contributed by atoms with Crippen molar-refractivity contribution < 1.29 is 4.79 Å². The minimum absolute atomic E-state index is 0.0206. The van der Waals surface area contributed by atoms with Gasteiger partial charge in [0.25, 0.3) is 5.56 Å². The second-order valence-electron chi connectivity index (χ2n) is 7.16. The molecule has 30 heavy (non-hydrogen) atoms. The first-order chi connectivity index (χ1) is 14.7. The minimum Gasteiger partial charge on any atom is -0.337 e. The third-order valence-corrected chi connectivity index (χ3v) is 5.12. The molecule has 0 aliphatic carbocycles. The molecule has 1 aliphatic heterocycles. The van der Waals surface area contributed by atoms with E-state index in [9.17, 15) is 9.59 Å². The lowest BCUT2D eigenvalue weighted by molar-refractivity contribution is 0.193. The predicted molar refractivity (Wildman–Crippen MR) is 114 cm³/mol. The number of anilines is 1. The average Bonchev–Trinajstić information content (AvgIpc) is 2.80. The van der Waals surface area contributed by atoms with Crippen LogP contribution in [0.15, 0.2) is 71.9 Å². The van der Waals surface area contributed by atoms with Crippen LogP contribution in [0, 0.1) is 0 Å². The summed E-state index contributed by atoms with van der Waals surface area (Å²) in [5.74, 6) is 0.704. The van der Waals surface area contributed by atoms with Gasteiger partial charge >= 0.3 is 6.03 Å². The summed E-state index contributed by atoms with van der Waals surface area (Å²) < 4.78 is 1.66. The van der Waals surface area contributed by atoms with Crippen molar-refractivity contribution in [1.29, 1.82) is 0 Å². The Morgan fingerprint density at radius 3 is 2.30 bits per heavy atom. The molecule has 1 aliphatic rings. The van der Waals surface area contributed by atoms with Crippen LogP contribution in [-0.4, -0.2) is 51.6 Å². The van der Waals surface area contributed by atoms with Gasteiger partial charge in [-0.1, -0.05) is 30.3 Å². The highest BCUT2D eigenvalue weighted by molar-refractivity contribution is 5.74. The minimum atomic E-state index is -0.0662. The highest BCUT2D eigenvalue weighted by Gasteiger charge is 2.22. The number of amides is 2. The molecule has 3 aromatic rings. The van der Waals surface area contributed by atoms with E-state index >= 15 is 0 Å². The number of piperazine rings is 1. The van der Waals surface area contributed by atoms with Crippen LogP contribution >= 0.6 is 0 Å². The van der Waals surface area contributed by atoms with Crippen LogP contribution in [0.1, 0.15) is 11.1 Å². The Morgan fingerprint density at radius 1 is 0.900 bits per heavy atom. The van der Waals surface area contributed by atoms with E-state index in [2.05, 4.69) is 20.2 Å². The number of nitrogens with zero attached hydrogens (tertiary/aromatic N) is 5. The molecular weight excluding hydrogens is 380 g/mol. The molecule has 0 bridgehead atoms. The van der Waals surface area contributed by atoms with Gasteiger partial charge in [0.05, 0.1) is 6.54 Å². The maximum atomic E-state index is 12.5. The number of carbonyl (C=O) groups excluding carboxylic acids is 1. The fraction of sp³-hybridized carbons (Fsp3) is 0.273. The second-order valence-corrected chi connectivity index (χ2v) is 7.16. The monoisotopic (exact) mass is 404 g/mol. The van der Waals surface area contributed by atoms with Crippen molar-refractivity contribution in [3.8, 4) is 0 Å². The average molecular weight is 404 g/mol. The van der Waals surface area contributed by atoms with Crippen LogP contribution in [0.25, 0.3) is 0 Å². The Kier molecular flexibility index (Phi) is 6.03. The molecule has 8 heteroatoms. The van der Waals surface area contributed by atoms with E-state index in [-0.39, 0.29) is 11.6 Å². The molecule has 0 spiro atoms. The summed E-state index contributed by atoms with van der Waals surface area (Å²) in [7, 11) is 0. The molecule has 1 aromatic carbocycles. The van der Waals surface area contributed by atoms with E-state index in [1.54, 1.807) is 41.4 Å². The van der Waals surface area contributed by atoms with Gasteiger partial charge in [-0.25, -0.2) is 14.8 Å². The van der Waals surface area contributed by atoms with Crippen molar-refractivity contribution in [2.24, 2.45) is 0 Å². The molecule has 2 aromatic heterocycles. The van der Waals surface area contributed by atoms with Crippen LogP contribution < -0.4 is 15.8 Å². The van der Waals surface area contributed by atoms with E-state index in [1.807, 2.05) is 35.2 Å². The molecule has 154 valence electrons. The van der Waals surface area contributed by atoms with E-state index in [4.69, 9.17) is 0 Å². The first-order valence-corrected chi connectivity index (χ1v) is 9.97. The number of rotatable bonds is 5. The van der Waals surface area contributed by atoms with Crippen molar-refractivity contribution >= 4 is 12.0 Å². The fourth-order valence-corrected chi connectivity index (χ4v) is 3.40. The molecule has 3 heterocycles. The Balaban J connectivity index is 1.25. The maximum Gasteiger partial charge on any atom is 0.317 e. The zero-order valence-corrected chi connectivity index (χ0v) is 16.6. The van der Waals surface area contributed by atoms with Crippen LogP contribution in [-0.2, 0) is 13.1 Å². The summed E-state index contributed by atoms with van der Waals surface area (Å²) in [5.41, 5.74) is 2.04. The number of benzene rings is 1. The topological polar surface area (TPSA) is 83.4 Å².